The van der Waals surface area contributed by atoms with Gasteiger partial charge in [0.05, 0.1) is 10.4 Å². The van der Waals surface area contributed by atoms with Crippen LogP contribution in [0.3, 0.4) is 0 Å². The smallest absolute Gasteiger partial charge is 0.328 e. The number of primary sulfonamides is 1. The molecule has 0 atom stereocenters. The van der Waals surface area contributed by atoms with Gasteiger partial charge in [-0.25, -0.2) is 18.4 Å². The maximum absolute atomic E-state index is 12.3. The highest BCUT2D eigenvalue weighted by Crippen LogP contribution is 2.12. The summed E-state index contributed by atoms with van der Waals surface area (Å²) in [6, 6.07) is 7.94. The highest BCUT2D eigenvalue weighted by Gasteiger charge is 2.09. The molecule has 9 nitrogen and oxygen atoms in total. The van der Waals surface area contributed by atoms with Crippen molar-refractivity contribution in [2.24, 2.45) is 5.14 Å². The maximum Gasteiger partial charge on any atom is 0.328 e. The lowest BCUT2D eigenvalue weighted by atomic mass is 10.1. The first-order valence-electron chi connectivity index (χ1n) is 9.84. The molecule has 0 aliphatic rings. The molecule has 4 N–H and O–H groups in total. The third kappa shape index (κ3) is 6.12. The lowest BCUT2D eigenvalue weighted by Gasteiger charge is -2.07. The molecule has 0 aliphatic heterocycles. The Bertz CT molecular complexity index is 1270. The Morgan fingerprint density at radius 1 is 1.10 bits per heavy atom. The molecule has 11 heteroatoms. The summed E-state index contributed by atoms with van der Waals surface area (Å²) in [5, 5.41) is 9.66. The van der Waals surface area contributed by atoms with Crippen LogP contribution in [0, 0.1) is 0 Å². The minimum absolute atomic E-state index is 0.0554. The fraction of sp³-hybridized carbons (Fsp3) is 0.350. The first kappa shape index (κ1) is 22.9. The molecule has 1 aromatic carbocycles. The summed E-state index contributed by atoms with van der Waals surface area (Å²) in [4.78, 5) is 39.1. The van der Waals surface area contributed by atoms with E-state index in [1.54, 1.807) is 23.6 Å². The number of sulfonamides is 1. The van der Waals surface area contributed by atoms with Crippen molar-refractivity contribution in [2.75, 3.05) is 6.54 Å². The molecular formula is C20H24N4O5S2. The number of hydrogen-bond donors (Lipinski definition) is 3. The van der Waals surface area contributed by atoms with Gasteiger partial charge < -0.3 is 10.3 Å². The molecule has 3 aromatic rings. The van der Waals surface area contributed by atoms with E-state index in [1.807, 2.05) is 0 Å². The zero-order chi connectivity index (χ0) is 22.4. The van der Waals surface area contributed by atoms with Gasteiger partial charge in [-0.3, -0.25) is 14.2 Å². The summed E-state index contributed by atoms with van der Waals surface area (Å²) in [6.45, 7) is 0.761. The Morgan fingerprint density at radius 2 is 1.84 bits per heavy atom. The van der Waals surface area contributed by atoms with Crippen molar-refractivity contribution in [3.8, 4) is 0 Å². The second-order valence-corrected chi connectivity index (χ2v) is 9.63. The number of hydrogen-bond acceptors (Lipinski definition) is 6. The van der Waals surface area contributed by atoms with Crippen molar-refractivity contribution in [3.05, 3.63) is 62.1 Å². The van der Waals surface area contributed by atoms with E-state index < -0.39 is 15.7 Å². The van der Waals surface area contributed by atoms with E-state index in [9.17, 15) is 22.8 Å². The normalized spacial score (nSPS) is 11.6. The van der Waals surface area contributed by atoms with Gasteiger partial charge in [0, 0.05) is 19.5 Å². The fourth-order valence-electron chi connectivity index (χ4n) is 3.19. The van der Waals surface area contributed by atoms with E-state index in [2.05, 4.69) is 10.3 Å². The van der Waals surface area contributed by atoms with Crippen LogP contribution in [0.2, 0.25) is 0 Å². The van der Waals surface area contributed by atoms with Gasteiger partial charge in [0.2, 0.25) is 15.9 Å². The molecule has 0 radical (unpaired) electrons. The Balaban J connectivity index is 1.35. The molecule has 0 bridgehead atoms. The average molecular weight is 465 g/mol. The molecule has 0 unspecified atom stereocenters. The molecule has 3 rings (SSSR count). The SMILES string of the molecule is NS(=O)(=O)c1ccc(CCNC(=O)CCCCCn2c(=O)[nH]c3ccsc3c2=O)cc1. The molecule has 0 aliphatic carbocycles. The number of nitrogens with zero attached hydrogens (tertiary/aromatic N) is 1. The molecule has 2 aromatic heterocycles. The monoisotopic (exact) mass is 464 g/mol. The molecular weight excluding hydrogens is 440 g/mol. The van der Waals surface area contributed by atoms with Crippen molar-refractivity contribution >= 4 is 37.5 Å². The number of aromatic amines is 1. The zero-order valence-corrected chi connectivity index (χ0v) is 18.4. The van der Waals surface area contributed by atoms with Gasteiger partial charge in [-0.1, -0.05) is 18.6 Å². The number of thiophene rings is 1. The van der Waals surface area contributed by atoms with Crippen LogP contribution in [0.25, 0.3) is 10.2 Å². The molecule has 166 valence electrons. The number of rotatable bonds is 10. The molecule has 31 heavy (non-hydrogen) atoms. The van der Waals surface area contributed by atoms with Gasteiger partial charge in [0.1, 0.15) is 4.70 Å². The summed E-state index contributed by atoms with van der Waals surface area (Å²) >= 11 is 1.30. The first-order valence-corrected chi connectivity index (χ1v) is 12.3. The minimum Gasteiger partial charge on any atom is -0.356 e. The van der Waals surface area contributed by atoms with Crippen LogP contribution in [0.4, 0.5) is 0 Å². The number of carbonyl (C=O) groups excluding carboxylic acids is 1. The third-order valence-corrected chi connectivity index (χ3v) is 6.70. The number of benzene rings is 1. The molecule has 0 saturated carbocycles. The van der Waals surface area contributed by atoms with Crippen molar-refractivity contribution < 1.29 is 13.2 Å². The fourth-order valence-corrected chi connectivity index (χ4v) is 4.50. The number of fused-ring (bicyclic) bond motifs is 1. The first-order chi connectivity index (χ1) is 14.8. The predicted molar refractivity (Wildman–Crippen MR) is 120 cm³/mol. The zero-order valence-electron chi connectivity index (χ0n) is 16.8. The third-order valence-electron chi connectivity index (χ3n) is 4.86. The van der Waals surface area contributed by atoms with Crippen LogP contribution in [0.15, 0.2) is 50.2 Å². The highest BCUT2D eigenvalue weighted by atomic mass is 32.2. The Labute approximate surface area is 183 Å². The van der Waals surface area contributed by atoms with E-state index >= 15 is 0 Å². The van der Waals surface area contributed by atoms with Gasteiger partial charge in [-0.05, 0) is 48.4 Å². The van der Waals surface area contributed by atoms with Crippen molar-refractivity contribution in [1.82, 2.24) is 14.9 Å². The van der Waals surface area contributed by atoms with E-state index in [0.29, 0.717) is 49.0 Å². The topological polar surface area (TPSA) is 144 Å². The van der Waals surface area contributed by atoms with Crippen LogP contribution in [0.1, 0.15) is 31.2 Å². The van der Waals surface area contributed by atoms with Gasteiger partial charge in [-0.2, -0.15) is 0 Å². The van der Waals surface area contributed by atoms with Crippen molar-refractivity contribution in [2.45, 2.75) is 43.5 Å². The van der Waals surface area contributed by atoms with Crippen molar-refractivity contribution in [3.63, 3.8) is 0 Å². The second kappa shape index (κ2) is 10.0. The Hall–Kier alpha value is -2.76. The molecule has 0 fully saturated rings. The van der Waals surface area contributed by atoms with Crippen LogP contribution < -0.4 is 21.7 Å². The number of nitrogens with one attached hydrogen (secondary N) is 2. The highest BCUT2D eigenvalue weighted by molar-refractivity contribution is 7.89. The molecule has 0 saturated heterocycles. The van der Waals surface area contributed by atoms with Crippen LogP contribution in [-0.2, 0) is 27.8 Å². The minimum atomic E-state index is -3.71. The van der Waals surface area contributed by atoms with E-state index in [4.69, 9.17) is 5.14 Å². The second-order valence-electron chi connectivity index (χ2n) is 7.15. The lowest BCUT2D eigenvalue weighted by Crippen LogP contribution is -2.34. The summed E-state index contributed by atoms with van der Waals surface area (Å²) in [7, 11) is -3.71. The molecule has 2 heterocycles. The predicted octanol–water partition coefficient (Wildman–Crippen LogP) is 1.32. The number of H-pyrrole nitrogens is 1. The number of aromatic nitrogens is 2. The Morgan fingerprint density at radius 3 is 2.55 bits per heavy atom. The van der Waals surface area contributed by atoms with Crippen LogP contribution >= 0.6 is 11.3 Å². The molecule has 0 spiro atoms. The summed E-state index contributed by atoms with van der Waals surface area (Å²) in [5.74, 6) is -0.0730. The van der Waals surface area contributed by atoms with Gasteiger partial charge in [0.15, 0.2) is 0 Å². The number of carbonyl (C=O) groups is 1. The Kier molecular flexibility index (Phi) is 7.42. The standard InChI is InChI=1S/C20H24N4O5S2/c21-31(28,29)15-7-5-14(6-8-15)9-11-22-17(25)4-2-1-3-12-24-19(26)18-16(10-13-30-18)23-20(24)27/h5-8,10,13H,1-4,9,11-12H2,(H,22,25)(H,23,27)(H2,21,28,29). The summed E-state index contributed by atoms with van der Waals surface area (Å²) in [5.41, 5.74) is 0.772. The largest absolute Gasteiger partial charge is 0.356 e. The number of nitrogens with two attached hydrogens (primary N) is 1. The molecule has 1 amide bonds. The van der Waals surface area contributed by atoms with E-state index in [0.717, 1.165) is 12.0 Å². The number of unbranched alkanes of at least 4 members (excludes halogenated alkanes) is 2. The maximum atomic E-state index is 12.3. The van der Waals surface area contributed by atoms with Crippen LogP contribution in [-0.4, -0.2) is 30.4 Å². The van der Waals surface area contributed by atoms with Crippen molar-refractivity contribution in [1.29, 1.82) is 0 Å². The van der Waals surface area contributed by atoms with E-state index in [1.165, 1.54) is 28.0 Å². The van der Waals surface area contributed by atoms with E-state index in [-0.39, 0.29) is 16.4 Å². The van der Waals surface area contributed by atoms with Gasteiger partial charge >= 0.3 is 5.69 Å². The summed E-state index contributed by atoms with van der Waals surface area (Å²) < 4.78 is 24.2. The van der Waals surface area contributed by atoms with Crippen LogP contribution in [0.5, 0.6) is 0 Å². The quantitative estimate of drug-likeness (QED) is 0.388. The number of amides is 1. The summed E-state index contributed by atoms with van der Waals surface area (Å²) in [6.07, 6.45) is 2.94. The average Bonchev–Trinajstić information content (AvgIpc) is 3.18. The van der Waals surface area contributed by atoms with Gasteiger partial charge in [0.25, 0.3) is 5.56 Å². The lowest BCUT2D eigenvalue weighted by molar-refractivity contribution is -0.121. The van der Waals surface area contributed by atoms with Gasteiger partial charge in [-0.15, -0.1) is 11.3 Å².